The van der Waals surface area contributed by atoms with Gasteiger partial charge < -0.3 is 9.64 Å². The largest absolute Gasteiger partial charge is 0.487 e. The number of thiazole rings is 1. The molecule has 0 bridgehead atoms. The van der Waals surface area contributed by atoms with Crippen LogP contribution in [0.25, 0.3) is 11.6 Å². The van der Waals surface area contributed by atoms with E-state index in [-0.39, 0.29) is 5.91 Å². The highest BCUT2D eigenvalue weighted by atomic mass is 32.1. The number of carbonyl (C=O) groups excluding carboxylic acids is 1. The van der Waals surface area contributed by atoms with E-state index < -0.39 is 0 Å². The lowest BCUT2D eigenvalue weighted by atomic mass is 9.99. The minimum Gasteiger partial charge on any atom is -0.487 e. The third-order valence-electron chi connectivity index (χ3n) is 5.03. The Kier molecular flexibility index (Phi) is 6.40. The molecule has 1 aromatic heterocycles. The number of rotatable bonds is 6. The summed E-state index contributed by atoms with van der Waals surface area (Å²) < 4.78 is 5.94. The second-order valence-electron chi connectivity index (χ2n) is 7.15. The molecule has 4 rings (SSSR count). The Labute approximate surface area is 181 Å². The molecule has 30 heavy (non-hydrogen) atoms. The molecule has 0 saturated carbocycles. The maximum atomic E-state index is 12.7. The molecule has 1 aliphatic rings. The van der Waals surface area contributed by atoms with E-state index in [0.29, 0.717) is 13.2 Å². The van der Waals surface area contributed by atoms with Gasteiger partial charge in [0, 0.05) is 30.1 Å². The minimum atomic E-state index is 0.0169. The lowest BCUT2D eigenvalue weighted by Crippen LogP contribution is -2.33. The Morgan fingerprint density at radius 1 is 1.17 bits per heavy atom. The first kappa shape index (κ1) is 20.1. The SMILES string of the molecule is Cc1nc(COc2ccccc2/C=C/C(=O)N2CC=C(c3ccccc3)CC2)cs1. The van der Waals surface area contributed by atoms with Crippen LogP contribution < -0.4 is 4.74 Å². The standard InChI is InChI=1S/C25H24N2O2S/c1-19-26-23(18-30-19)17-29-24-10-6-5-9-22(24)11-12-25(28)27-15-13-21(14-16-27)20-7-3-2-4-8-20/h2-13,18H,14-17H2,1H3/b12-11+. The Hall–Kier alpha value is -3.18. The fourth-order valence-electron chi connectivity index (χ4n) is 3.43. The number of benzene rings is 2. The Balaban J connectivity index is 1.38. The fraction of sp³-hybridized carbons (Fsp3) is 0.200. The van der Waals surface area contributed by atoms with Crippen molar-refractivity contribution in [3.63, 3.8) is 0 Å². The van der Waals surface area contributed by atoms with Crippen molar-refractivity contribution in [1.29, 1.82) is 0 Å². The second kappa shape index (κ2) is 9.55. The number of nitrogens with zero attached hydrogens (tertiary/aromatic N) is 2. The maximum absolute atomic E-state index is 12.7. The zero-order chi connectivity index (χ0) is 20.8. The number of aryl methyl sites for hydroxylation is 1. The second-order valence-corrected chi connectivity index (χ2v) is 8.21. The van der Waals surface area contributed by atoms with Crippen LogP contribution >= 0.6 is 11.3 Å². The Morgan fingerprint density at radius 3 is 2.70 bits per heavy atom. The van der Waals surface area contributed by atoms with Gasteiger partial charge in [0.1, 0.15) is 12.4 Å². The first-order valence-corrected chi connectivity index (χ1v) is 10.9. The summed E-state index contributed by atoms with van der Waals surface area (Å²) in [5.41, 5.74) is 4.35. The van der Waals surface area contributed by atoms with Gasteiger partial charge in [0.15, 0.2) is 0 Å². The molecule has 0 spiro atoms. The molecular weight excluding hydrogens is 392 g/mol. The van der Waals surface area contributed by atoms with E-state index in [1.807, 2.05) is 65.7 Å². The topological polar surface area (TPSA) is 42.4 Å². The minimum absolute atomic E-state index is 0.0169. The van der Waals surface area contributed by atoms with E-state index in [2.05, 4.69) is 23.2 Å². The molecule has 0 aliphatic carbocycles. The van der Waals surface area contributed by atoms with Crippen LogP contribution in [0.2, 0.25) is 0 Å². The summed E-state index contributed by atoms with van der Waals surface area (Å²) in [6.45, 7) is 3.76. The van der Waals surface area contributed by atoms with Crippen molar-refractivity contribution in [1.82, 2.24) is 9.88 Å². The predicted molar refractivity (Wildman–Crippen MR) is 122 cm³/mol. The highest BCUT2D eigenvalue weighted by Gasteiger charge is 2.16. The first-order chi connectivity index (χ1) is 14.7. The van der Waals surface area contributed by atoms with Gasteiger partial charge in [-0.05, 0) is 36.6 Å². The Morgan fingerprint density at radius 2 is 1.97 bits per heavy atom. The van der Waals surface area contributed by atoms with Crippen LogP contribution in [-0.4, -0.2) is 28.9 Å². The molecule has 0 N–H and O–H groups in total. The third kappa shape index (κ3) is 5.05. The molecule has 4 nitrogen and oxygen atoms in total. The summed E-state index contributed by atoms with van der Waals surface area (Å²) in [7, 11) is 0. The van der Waals surface area contributed by atoms with Gasteiger partial charge in [0.25, 0.3) is 0 Å². The van der Waals surface area contributed by atoms with Crippen molar-refractivity contribution in [2.45, 2.75) is 20.0 Å². The van der Waals surface area contributed by atoms with Crippen LogP contribution in [0.5, 0.6) is 5.75 Å². The number of para-hydroxylation sites is 1. The van der Waals surface area contributed by atoms with E-state index in [0.717, 1.165) is 35.0 Å². The molecule has 0 atom stereocenters. The van der Waals surface area contributed by atoms with Gasteiger partial charge in [0.2, 0.25) is 5.91 Å². The fourth-order valence-corrected chi connectivity index (χ4v) is 4.02. The number of amides is 1. The van der Waals surface area contributed by atoms with Gasteiger partial charge in [-0.2, -0.15) is 0 Å². The van der Waals surface area contributed by atoms with Gasteiger partial charge in [-0.15, -0.1) is 11.3 Å². The monoisotopic (exact) mass is 416 g/mol. The first-order valence-electron chi connectivity index (χ1n) is 10.0. The number of hydrogen-bond acceptors (Lipinski definition) is 4. The number of hydrogen-bond donors (Lipinski definition) is 0. The zero-order valence-electron chi connectivity index (χ0n) is 17.0. The van der Waals surface area contributed by atoms with Crippen LogP contribution in [0, 0.1) is 6.92 Å². The lowest BCUT2D eigenvalue weighted by molar-refractivity contribution is -0.125. The average Bonchev–Trinajstić information content (AvgIpc) is 3.22. The van der Waals surface area contributed by atoms with Crippen LogP contribution in [0.4, 0.5) is 0 Å². The van der Waals surface area contributed by atoms with E-state index in [1.54, 1.807) is 17.4 Å². The van der Waals surface area contributed by atoms with Crippen molar-refractivity contribution in [2.24, 2.45) is 0 Å². The van der Waals surface area contributed by atoms with E-state index in [1.165, 1.54) is 11.1 Å². The highest BCUT2D eigenvalue weighted by molar-refractivity contribution is 7.09. The number of carbonyl (C=O) groups is 1. The summed E-state index contributed by atoms with van der Waals surface area (Å²) in [6.07, 6.45) is 6.49. The van der Waals surface area contributed by atoms with Crippen LogP contribution in [-0.2, 0) is 11.4 Å². The highest BCUT2D eigenvalue weighted by Crippen LogP contribution is 2.23. The molecule has 5 heteroatoms. The average molecular weight is 417 g/mol. The van der Waals surface area contributed by atoms with Gasteiger partial charge in [0.05, 0.1) is 10.7 Å². The molecular formula is C25H24N2O2S. The number of ether oxygens (including phenoxy) is 1. The molecule has 0 saturated heterocycles. The molecule has 2 heterocycles. The molecule has 152 valence electrons. The van der Waals surface area contributed by atoms with Gasteiger partial charge >= 0.3 is 0 Å². The molecule has 3 aromatic rings. The maximum Gasteiger partial charge on any atom is 0.246 e. The summed E-state index contributed by atoms with van der Waals surface area (Å²) >= 11 is 1.61. The number of aromatic nitrogens is 1. The molecule has 0 fully saturated rings. The van der Waals surface area contributed by atoms with Gasteiger partial charge in [-0.25, -0.2) is 4.98 Å². The molecule has 1 aliphatic heterocycles. The Bertz CT molecular complexity index is 1070. The van der Waals surface area contributed by atoms with Crippen molar-refractivity contribution in [2.75, 3.05) is 13.1 Å². The van der Waals surface area contributed by atoms with E-state index in [9.17, 15) is 4.79 Å². The van der Waals surface area contributed by atoms with Crippen LogP contribution in [0.3, 0.4) is 0 Å². The summed E-state index contributed by atoms with van der Waals surface area (Å²) in [6, 6.07) is 18.1. The lowest BCUT2D eigenvalue weighted by Gasteiger charge is -2.25. The smallest absolute Gasteiger partial charge is 0.246 e. The van der Waals surface area contributed by atoms with Crippen LogP contribution in [0.15, 0.2) is 72.1 Å². The quantitative estimate of drug-likeness (QED) is 0.508. The third-order valence-corrected chi connectivity index (χ3v) is 5.85. The van der Waals surface area contributed by atoms with Crippen LogP contribution in [0.1, 0.15) is 28.2 Å². The molecule has 0 unspecified atom stereocenters. The van der Waals surface area contributed by atoms with Gasteiger partial charge in [-0.3, -0.25) is 4.79 Å². The molecule has 0 radical (unpaired) electrons. The predicted octanol–water partition coefficient (Wildman–Crippen LogP) is 5.36. The van der Waals surface area contributed by atoms with E-state index in [4.69, 9.17) is 4.74 Å². The summed E-state index contributed by atoms with van der Waals surface area (Å²) in [5.74, 6) is 0.764. The normalized spacial score (nSPS) is 14.0. The van der Waals surface area contributed by atoms with Crippen molar-refractivity contribution in [3.8, 4) is 5.75 Å². The summed E-state index contributed by atoms with van der Waals surface area (Å²) in [4.78, 5) is 19.0. The zero-order valence-corrected chi connectivity index (χ0v) is 17.8. The molecule has 2 aromatic carbocycles. The van der Waals surface area contributed by atoms with E-state index >= 15 is 0 Å². The molecule has 1 amide bonds. The van der Waals surface area contributed by atoms with Crippen molar-refractivity contribution in [3.05, 3.63) is 94.0 Å². The van der Waals surface area contributed by atoms with Crippen molar-refractivity contribution >= 4 is 28.9 Å². The summed E-state index contributed by atoms with van der Waals surface area (Å²) in [5, 5.41) is 3.03. The van der Waals surface area contributed by atoms with Gasteiger partial charge in [-0.1, -0.05) is 54.6 Å². The van der Waals surface area contributed by atoms with Crippen molar-refractivity contribution < 1.29 is 9.53 Å².